The third-order valence-electron chi connectivity index (χ3n) is 2.84. The molecule has 0 bridgehead atoms. The Kier molecular flexibility index (Phi) is 4.96. The zero-order chi connectivity index (χ0) is 14.4. The molecule has 0 aliphatic heterocycles. The fourth-order valence-electron chi connectivity index (χ4n) is 1.82. The summed E-state index contributed by atoms with van der Waals surface area (Å²) in [7, 11) is 0. The number of carbonyl (C=O) groups excluding carboxylic acids is 1. The predicted octanol–water partition coefficient (Wildman–Crippen LogP) is 2.32. The Hall–Kier alpha value is -2.07. The minimum absolute atomic E-state index is 0.0937. The quantitative estimate of drug-likeness (QED) is 0.859. The van der Waals surface area contributed by atoms with E-state index in [-0.39, 0.29) is 11.5 Å². The van der Waals surface area contributed by atoms with E-state index < -0.39 is 0 Å². The standard InChI is InChI=1S/C15H15ClN2O2/c16-13-7-8-14(19)18(11-13)10-4-9-17-15(20)12-5-2-1-3-6-12/h1-3,5-8,11H,4,9-10H2,(H,17,20). The molecule has 0 saturated carbocycles. The Morgan fingerprint density at radius 2 is 1.90 bits per heavy atom. The number of pyridine rings is 1. The number of carbonyl (C=O) groups is 1. The molecule has 1 aromatic heterocycles. The van der Waals surface area contributed by atoms with E-state index in [0.29, 0.717) is 30.1 Å². The monoisotopic (exact) mass is 290 g/mol. The van der Waals surface area contributed by atoms with Gasteiger partial charge in [0.05, 0.1) is 5.02 Å². The van der Waals surface area contributed by atoms with Crippen LogP contribution in [0.15, 0.2) is 53.5 Å². The highest BCUT2D eigenvalue weighted by molar-refractivity contribution is 6.30. The second kappa shape index (κ2) is 6.91. The average Bonchev–Trinajstić information content (AvgIpc) is 2.47. The molecule has 0 spiro atoms. The van der Waals surface area contributed by atoms with Crippen molar-refractivity contribution < 1.29 is 4.79 Å². The topological polar surface area (TPSA) is 51.1 Å². The zero-order valence-corrected chi connectivity index (χ0v) is 11.6. The molecular weight excluding hydrogens is 276 g/mol. The molecule has 4 nitrogen and oxygen atoms in total. The number of halogens is 1. The van der Waals surface area contributed by atoms with Gasteiger partial charge in [-0.05, 0) is 24.6 Å². The molecule has 104 valence electrons. The van der Waals surface area contributed by atoms with Crippen molar-refractivity contribution in [2.24, 2.45) is 0 Å². The maximum Gasteiger partial charge on any atom is 0.251 e. The number of hydrogen-bond donors (Lipinski definition) is 1. The van der Waals surface area contributed by atoms with Gasteiger partial charge in [0, 0.05) is 30.9 Å². The zero-order valence-electron chi connectivity index (χ0n) is 10.9. The molecule has 0 aliphatic carbocycles. The first-order valence-electron chi connectivity index (χ1n) is 6.36. The lowest BCUT2D eigenvalue weighted by Crippen LogP contribution is -2.26. The van der Waals surface area contributed by atoms with Crippen LogP contribution in [0.1, 0.15) is 16.8 Å². The van der Waals surface area contributed by atoms with E-state index in [2.05, 4.69) is 5.32 Å². The maximum absolute atomic E-state index is 11.8. The third kappa shape index (κ3) is 3.96. The molecule has 0 unspecified atom stereocenters. The van der Waals surface area contributed by atoms with E-state index in [9.17, 15) is 9.59 Å². The molecule has 2 rings (SSSR count). The summed E-state index contributed by atoms with van der Waals surface area (Å²) in [6, 6.07) is 12.0. The van der Waals surface area contributed by atoms with Gasteiger partial charge < -0.3 is 9.88 Å². The molecule has 2 aromatic rings. The number of hydrogen-bond acceptors (Lipinski definition) is 2. The first-order chi connectivity index (χ1) is 9.66. The van der Waals surface area contributed by atoms with Crippen LogP contribution in [-0.2, 0) is 6.54 Å². The van der Waals surface area contributed by atoms with E-state index >= 15 is 0 Å². The smallest absolute Gasteiger partial charge is 0.251 e. The first kappa shape index (κ1) is 14.3. The predicted molar refractivity (Wildman–Crippen MR) is 79.1 cm³/mol. The molecule has 1 N–H and O–H groups in total. The third-order valence-corrected chi connectivity index (χ3v) is 3.07. The van der Waals surface area contributed by atoms with Crippen molar-refractivity contribution in [3.05, 3.63) is 69.6 Å². The van der Waals surface area contributed by atoms with Gasteiger partial charge in [-0.1, -0.05) is 29.8 Å². The Morgan fingerprint density at radius 3 is 2.65 bits per heavy atom. The van der Waals surface area contributed by atoms with E-state index in [1.165, 1.54) is 10.6 Å². The summed E-state index contributed by atoms with van der Waals surface area (Å²) >= 11 is 5.83. The van der Waals surface area contributed by atoms with Crippen LogP contribution in [0.3, 0.4) is 0 Å². The van der Waals surface area contributed by atoms with Gasteiger partial charge in [0.1, 0.15) is 0 Å². The highest BCUT2D eigenvalue weighted by Crippen LogP contribution is 2.03. The maximum atomic E-state index is 11.8. The van der Waals surface area contributed by atoms with Gasteiger partial charge >= 0.3 is 0 Å². The van der Waals surface area contributed by atoms with E-state index in [0.717, 1.165) is 0 Å². The SMILES string of the molecule is O=C(NCCCn1cc(Cl)ccc1=O)c1ccccc1. The lowest BCUT2D eigenvalue weighted by molar-refractivity contribution is 0.0952. The second-order valence-corrected chi connectivity index (χ2v) is 4.79. The van der Waals surface area contributed by atoms with Crippen molar-refractivity contribution in [2.75, 3.05) is 6.54 Å². The van der Waals surface area contributed by atoms with Crippen LogP contribution in [0.2, 0.25) is 5.02 Å². The van der Waals surface area contributed by atoms with Gasteiger partial charge in [-0.2, -0.15) is 0 Å². The molecule has 0 saturated heterocycles. The molecule has 20 heavy (non-hydrogen) atoms. The Bertz CT molecular complexity index is 638. The molecule has 0 fully saturated rings. The van der Waals surface area contributed by atoms with Gasteiger partial charge in [0.2, 0.25) is 0 Å². The summed E-state index contributed by atoms with van der Waals surface area (Å²) in [5, 5.41) is 3.34. The molecule has 1 aromatic carbocycles. The van der Waals surface area contributed by atoms with Crippen molar-refractivity contribution in [1.29, 1.82) is 0 Å². The summed E-state index contributed by atoms with van der Waals surface area (Å²) in [5.74, 6) is -0.107. The lowest BCUT2D eigenvalue weighted by Gasteiger charge is -2.07. The number of aryl methyl sites for hydroxylation is 1. The van der Waals surface area contributed by atoms with E-state index in [1.807, 2.05) is 18.2 Å². The van der Waals surface area contributed by atoms with Gasteiger partial charge in [0.15, 0.2) is 0 Å². The molecule has 1 heterocycles. The lowest BCUT2D eigenvalue weighted by atomic mass is 10.2. The van der Waals surface area contributed by atoms with Gasteiger partial charge in [-0.3, -0.25) is 9.59 Å². The normalized spacial score (nSPS) is 10.2. The van der Waals surface area contributed by atoms with Crippen molar-refractivity contribution in [3.8, 4) is 0 Å². The first-order valence-corrected chi connectivity index (χ1v) is 6.74. The van der Waals surface area contributed by atoms with Gasteiger partial charge in [0.25, 0.3) is 11.5 Å². The van der Waals surface area contributed by atoms with Crippen molar-refractivity contribution >= 4 is 17.5 Å². The average molecular weight is 291 g/mol. The van der Waals surface area contributed by atoms with Crippen LogP contribution in [0.4, 0.5) is 0 Å². The van der Waals surface area contributed by atoms with Crippen molar-refractivity contribution in [3.63, 3.8) is 0 Å². The van der Waals surface area contributed by atoms with Gasteiger partial charge in [-0.25, -0.2) is 0 Å². The highest BCUT2D eigenvalue weighted by Gasteiger charge is 2.03. The summed E-state index contributed by atoms with van der Waals surface area (Å²) in [6.45, 7) is 1.03. The molecule has 0 aliphatic rings. The Labute approximate surface area is 122 Å². The van der Waals surface area contributed by atoms with Gasteiger partial charge in [-0.15, -0.1) is 0 Å². The van der Waals surface area contributed by atoms with Crippen molar-refractivity contribution in [1.82, 2.24) is 9.88 Å². The summed E-state index contributed by atoms with van der Waals surface area (Å²) in [6.07, 6.45) is 2.27. The fraction of sp³-hybridized carbons (Fsp3) is 0.200. The summed E-state index contributed by atoms with van der Waals surface area (Å²) < 4.78 is 1.54. The Balaban J connectivity index is 1.81. The highest BCUT2D eigenvalue weighted by atomic mass is 35.5. The fourth-order valence-corrected chi connectivity index (χ4v) is 2.00. The van der Waals surface area contributed by atoms with E-state index in [4.69, 9.17) is 11.6 Å². The largest absolute Gasteiger partial charge is 0.352 e. The molecular formula is C15H15ClN2O2. The van der Waals surface area contributed by atoms with Crippen LogP contribution in [0.25, 0.3) is 0 Å². The number of amides is 1. The summed E-state index contributed by atoms with van der Waals surface area (Å²) in [4.78, 5) is 23.3. The van der Waals surface area contributed by atoms with Crippen LogP contribution in [0, 0.1) is 0 Å². The van der Waals surface area contributed by atoms with Crippen molar-refractivity contribution in [2.45, 2.75) is 13.0 Å². The number of nitrogens with one attached hydrogen (secondary N) is 1. The molecule has 5 heteroatoms. The van der Waals surface area contributed by atoms with Crippen LogP contribution >= 0.6 is 11.6 Å². The molecule has 1 amide bonds. The van der Waals surface area contributed by atoms with Crippen LogP contribution in [-0.4, -0.2) is 17.0 Å². The number of rotatable bonds is 5. The molecule has 0 radical (unpaired) electrons. The van der Waals surface area contributed by atoms with Crippen LogP contribution in [0.5, 0.6) is 0 Å². The number of nitrogens with zero attached hydrogens (tertiary/aromatic N) is 1. The minimum Gasteiger partial charge on any atom is -0.352 e. The second-order valence-electron chi connectivity index (χ2n) is 4.35. The Morgan fingerprint density at radius 1 is 1.15 bits per heavy atom. The number of benzene rings is 1. The van der Waals surface area contributed by atoms with E-state index in [1.54, 1.807) is 24.4 Å². The van der Waals surface area contributed by atoms with Crippen LogP contribution < -0.4 is 10.9 Å². The summed E-state index contributed by atoms with van der Waals surface area (Å²) in [5.41, 5.74) is 0.538. The molecule has 0 atom stereocenters. The number of aromatic nitrogens is 1. The minimum atomic E-state index is -0.107.